The average molecular weight is 291 g/mol. The predicted molar refractivity (Wildman–Crippen MR) is 82.0 cm³/mol. The van der Waals surface area contributed by atoms with E-state index >= 15 is 0 Å². The van der Waals surface area contributed by atoms with Crippen LogP contribution in [0.1, 0.15) is 35.0 Å². The topological polar surface area (TPSA) is 47.0 Å². The van der Waals surface area contributed by atoms with Gasteiger partial charge in [-0.2, -0.15) is 0 Å². The third-order valence-corrected chi connectivity index (χ3v) is 4.37. The van der Waals surface area contributed by atoms with Gasteiger partial charge in [-0.1, -0.05) is 41.7 Å². The van der Waals surface area contributed by atoms with Gasteiger partial charge in [0, 0.05) is 13.5 Å². The van der Waals surface area contributed by atoms with Gasteiger partial charge in [0.15, 0.2) is 0 Å². The molecule has 2 unspecified atom stereocenters. The number of nitrogens with zero attached hydrogens (tertiary/aromatic N) is 2. The summed E-state index contributed by atoms with van der Waals surface area (Å²) in [5, 5.41) is 14.0. The van der Waals surface area contributed by atoms with Crippen LogP contribution in [0.2, 0.25) is 0 Å². The van der Waals surface area contributed by atoms with E-state index in [-0.39, 0.29) is 12.1 Å². The number of aryl methyl sites for hydroxylation is 1. The van der Waals surface area contributed by atoms with Crippen LogP contribution in [0.3, 0.4) is 0 Å². The lowest BCUT2D eigenvalue weighted by atomic mass is 10.1. The monoisotopic (exact) mass is 291 g/mol. The Morgan fingerprint density at radius 2 is 2.00 bits per heavy atom. The first-order chi connectivity index (χ1) is 9.74. The lowest BCUT2D eigenvalue weighted by Gasteiger charge is -2.12. The minimum atomic E-state index is 0.113. The van der Waals surface area contributed by atoms with E-state index in [1.165, 1.54) is 5.56 Å². The van der Waals surface area contributed by atoms with Gasteiger partial charge in [-0.3, -0.25) is 0 Å². The molecule has 108 valence electrons. The first-order valence-electron chi connectivity index (χ1n) is 6.82. The van der Waals surface area contributed by atoms with Gasteiger partial charge in [0.25, 0.3) is 0 Å². The standard InChI is InChI=1S/C15H21N3OS/c1-11(19-3)9-10-13-17-18-15(20-13)14(16-2)12-7-5-4-6-8-12/h4-8,11,14,16H,9-10H2,1-3H3. The third-order valence-electron chi connectivity index (χ3n) is 3.32. The number of benzene rings is 1. The Labute approximate surface area is 124 Å². The van der Waals surface area contributed by atoms with Crippen molar-refractivity contribution in [3.05, 3.63) is 45.9 Å². The van der Waals surface area contributed by atoms with Crippen LogP contribution >= 0.6 is 11.3 Å². The Morgan fingerprint density at radius 1 is 1.25 bits per heavy atom. The highest BCUT2D eigenvalue weighted by Crippen LogP contribution is 2.25. The van der Waals surface area contributed by atoms with E-state index in [0.29, 0.717) is 0 Å². The molecular formula is C15H21N3OS. The SMILES string of the molecule is CNC(c1ccccc1)c1nnc(CCC(C)OC)s1. The summed E-state index contributed by atoms with van der Waals surface area (Å²) in [6.07, 6.45) is 2.15. The first-order valence-corrected chi connectivity index (χ1v) is 7.63. The Kier molecular flexibility index (Phi) is 5.64. The molecular weight excluding hydrogens is 270 g/mol. The Balaban J connectivity index is 2.07. The number of aromatic nitrogens is 2. The largest absolute Gasteiger partial charge is 0.382 e. The van der Waals surface area contributed by atoms with Gasteiger partial charge in [-0.05, 0) is 26.0 Å². The molecule has 0 aliphatic carbocycles. The highest BCUT2D eigenvalue weighted by atomic mass is 32.1. The van der Waals surface area contributed by atoms with E-state index in [1.807, 2.05) is 25.2 Å². The molecule has 0 saturated heterocycles. The van der Waals surface area contributed by atoms with Gasteiger partial charge in [-0.15, -0.1) is 10.2 Å². The lowest BCUT2D eigenvalue weighted by molar-refractivity contribution is 0.111. The third kappa shape index (κ3) is 3.85. The van der Waals surface area contributed by atoms with E-state index in [1.54, 1.807) is 18.4 Å². The molecule has 0 saturated carbocycles. The Morgan fingerprint density at radius 3 is 2.65 bits per heavy atom. The molecule has 0 amide bonds. The van der Waals surface area contributed by atoms with Gasteiger partial charge in [0.1, 0.15) is 10.0 Å². The molecule has 2 aromatic rings. The van der Waals surface area contributed by atoms with Crippen molar-refractivity contribution in [2.45, 2.75) is 31.9 Å². The number of hydrogen-bond acceptors (Lipinski definition) is 5. The summed E-state index contributed by atoms with van der Waals surface area (Å²) in [6, 6.07) is 10.4. The average Bonchev–Trinajstić information content (AvgIpc) is 2.95. The molecule has 0 spiro atoms. The number of ether oxygens (including phenoxy) is 1. The summed E-state index contributed by atoms with van der Waals surface area (Å²) in [6.45, 7) is 2.07. The molecule has 1 N–H and O–H groups in total. The van der Waals surface area contributed by atoms with Crippen molar-refractivity contribution in [3.63, 3.8) is 0 Å². The van der Waals surface area contributed by atoms with Crippen molar-refractivity contribution < 1.29 is 4.74 Å². The minimum absolute atomic E-state index is 0.113. The highest BCUT2D eigenvalue weighted by Gasteiger charge is 2.17. The van der Waals surface area contributed by atoms with Gasteiger partial charge in [0.05, 0.1) is 12.1 Å². The molecule has 2 rings (SSSR count). The van der Waals surface area contributed by atoms with E-state index in [4.69, 9.17) is 4.74 Å². The highest BCUT2D eigenvalue weighted by molar-refractivity contribution is 7.11. The molecule has 0 bridgehead atoms. The number of methoxy groups -OCH3 is 1. The summed E-state index contributed by atoms with van der Waals surface area (Å²) in [4.78, 5) is 0. The van der Waals surface area contributed by atoms with Gasteiger partial charge < -0.3 is 10.1 Å². The van der Waals surface area contributed by atoms with E-state index < -0.39 is 0 Å². The molecule has 0 aliphatic heterocycles. The second-order valence-corrected chi connectivity index (χ2v) is 5.85. The summed E-state index contributed by atoms with van der Waals surface area (Å²) < 4.78 is 5.26. The zero-order chi connectivity index (χ0) is 14.4. The fourth-order valence-corrected chi connectivity index (χ4v) is 3.00. The van der Waals surface area contributed by atoms with E-state index in [9.17, 15) is 0 Å². The summed E-state index contributed by atoms with van der Waals surface area (Å²) in [5.74, 6) is 0. The first kappa shape index (κ1) is 15.1. The molecule has 5 heteroatoms. The Hall–Kier alpha value is -1.30. The van der Waals surface area contributed by atoms with Gasteiger partial charge in [0.2, 0.25) is 0 Å². The van der Waals surface area contributed by atoms with Crippen LogP contribution in [0, 0.1) is 0 Å². The van der Waals surface area contributed by atoms with Crippen LogP contribution in [-0.4, -0.2) is 30.5 Å². The minimum Gasteiger partial charge on any atom is -0.382 e. The van der Waals surface area contributed by atoms with Crippen LogP contribution in [0.5, 0.6) is 0 Å². The van der Waals surface area contributed by atoms with E-state index in [2.05, 4.69) is 34.6 Å². The zero-order valence-corrected chi connectivity index (χ0v) is 13.0. The molecule has 4 nitrogen and oxygen atoms in total. The van der Waals surface area contributed by atoms with Crippen LogP contribution in [0.25, 0.3) is 0 Å². The fraction of sp³-hybridized carbons (Fsp3) is 0.467. The van der Waals surface area contributed by atoms with Crippen molar-refractivity contribution in [2.75, 3.05) is 14.2 Å². The molecule has 2 atom stereocenters. The van der Waals surface area contributed by atoms with Crippen molar-refractivity contribution in [2.24, 2.45) is 0 Å². The van der Waals surface area contributed by atoms with Crippen molar-refractivity contribution in [3.8, 4) is 0 Å². The smallest absolute Gasteiger partial charge is 0.139 e. The molecule has 20 heavy (non-hydrogen) atoms. The quantitative estimate of drug-likeness (QED) is 0.852. The lowest BCUT2D eigenvalue weighted by Crippen LogP contribution is -2.17. The Bertz CT molecular complexity index is 515. The molecule has 0 aliphatic rings. The fourth-order valence-electron chi connectivity index (χ4n) is 2.01. The summed E-state index contributed by atoms with van der Waals surface area (Å²) >= 11 is 1.67. The van der Waals surface area contributed by atoms with Crippen molar-refractivity contribution >= 4 is 11.3 Å². The second-order valence-electron chi connectivity index (χ2n) is 4.75. The number of nitrogens with one attached hydrogen (secondary N) is 1. The van der Waals surface area contributed by atoms with Gasteiger partial charge in [-0.25, -0.2) is 0 Å². The number of rotatable bonds is 7. The van der Waals surface area contributed by atoms with Gasteiger partial charge >= 0.3 is 0 Å². The molecule has 0 radical (unpaired) electrons. The van der Waals surface area contributed by atoms with Crippen LogP contribution in [0.4, 0.5) is 0 Å². The zero-order valence-electron chi connectivity index (χ0n) is 12.2. The van der Waals surface area contributed by atoms with Crippen LogP contribution in [-0.2, 0) is 11.2 Å². The van der Waals surface area contributed by atoms with Crippen LogP contribution < -0.4 is 5.32 Å². The summed E-state index contributed by atoms with van der Waals surface area (Å²) in [5.41, 5.74) is 1.21. The normalized spacial score (nSPS) is 14.2. The molecule has 0 fully saturated rings. The van der Waals surface area contributed by atoms with Crippen molar-refractivity contribution in [1.82, 2.24) is 15.5 Å². The number of hydrogen-bond donors (Lipinski definition) is 1. The molecule has 1 aromatic carbocycles. The summed E-state index contributed by atoms with van der Waals surface area (Å²) in [7, 11) is 3.69. The molecule has 1 aromatic heterocycles. The molecule has 1 heterocycles. The maximum Gasteiger partial charge on any atom is 0.139 e. The predicted octanol–water partition coefficient (Wildman–Crippen LogP) is 2.81. The second kappa shape index (κ2) is 7.47. The van der Waals surface area contributed by atoms with Crippen LogP contribution in [0.15, 0.2) is 30.3 Å². The van der Waals surface area contributed by atoms with Crippen molar-refractivity contribution in [1.29, 1.82) is 0 Å². The van der Waals surface area contributed by atoms with E-state index in [0.717, 1.165) is 22.9 Å². The maximum atomic E-state index is 5.26. The maximum absolute atomic E-state index is 5.26.